The van der Waals surface area contributed by atoms with Crippen LogP contribution in [0.2, 0.25) is 0 Å². The van der Waals surface area contributed by atoms with E-state index in [4.69, 9.17) is 14.6 Å². The number of carbonyl (C=O) groups is 6. The van der Waals surface area contributed by atoms with Crippen molar-refractivity contribution in [2.24, 2.45) is 158 Å². The van der Waals surface area contributed by atoms with Gasteiger partial charge >= 0.3 is 30.8 Å². The summed E-state index contributed by atoms with van der Waals surface area (Å²) in [6.45, 7) is 68.4. The second-order valence-electron chi connectivity index (χ2n) is 54.6. The number of aliphatic carboxylic acids is 1. The third kappa shape index (κ3) is 19.4. The molecule has 1 heterocycles. The molecule has 772 valence electrons. The molecule has 17 aliphatic rings. The molecule has 1 saturated heterocycles. The number of aldehydes is 1. The molecule has 13 heteroatoms. The molecule has 0 bridgehead atoms. The molecule has 0 amide bonds. The molecule has 0 spiro atoms. The van der Waals surface area contributed by atoms with Crippen molar-refractivity contribution in [2.75, 3.05) is 26.9 Å². The van der Waals surface area contributed by atoms with Crippen LogP contribution in [0.15, 0.2) is 91.2 Å². The summed E-state index contributed by atoms with van der Waals surface area (Å²) in [5.41, 5.74) is 20.5. The summed E-state index contributed by atoms with van der Waals surface area (Å²) in [6.07, 6.45) is 58.2. The summed E-state index contributed by atoms with van der Waals surface area (Å²) in [7, 11) is 1.45. The molecule has 17 rings (SSSR count). The number of allylic oxidation sites excluding steroid dienone is 13. The number of fused-ring (bicyclic) bond motifs is 16. The molecule has 9 fully saturated rings. The minimum atomic E-state index is -0.800. The number of ketones is 3. The van der Waals surface area contributed by atoms with Gasteiger partial charge in [0.15, 0.2) is 17.4 Å². The smallest absolute Gasteiger partial charge is 1.00 e. The number of esters is 1. The fourth-order valence-electron chi connectivity index (χ4n) is 38.0. The van der Waals surface area contributed by atoms with Gasteiger partial charge in [-0.2, -0.15) is 0 Å². The number of Topliss-reactive ketones (excluding diaryl/α,β-unsaturated/α-hetero) is 3. The Morgan fingerprint density at radius 2 is 0.681 bits per heavy atom. The van der Waals surface area contributed by atoms with Crippen LogP contribution < -0.4 is 18.9 Å². The molecule has 8 saturated carbocycles. The molecule has 11 nitrogen and oxygen atoms in total. The van der Waals surface area contributed by atoms with Crippen molar-refractivity contribution in [1.82, 2.24) is 0 Å². The Morgan fingerprint density at radius 3 is 0.964 bits per heavy atom. The van der Waals surface area contributed by atoms with Crippen molar-refractivity contribution in [3.63, 3.8) is 0 Å². The quantitative estimate of drug-likeness (QED) is 0.0347. The Bertz CT molecular complexity index is 4740. The van der Waals surface area contributed by atoms with Crippen molar-refractivity contribution in [3.8, 4) is 0 Å². The fourth-order valence-corrected chi connectivity index (χ4v) is 38.0. The van der Waals surface area contributed by atoms with E-state index in [9.17, 15) is 39.0 Å². The van der Waals surface area contributed by atoms with Gasteiger partial charge < -0.3 is 26.2 Å². The summed E-state index contributed by atoms with van der Waals surface area (Å²) in [5.74, 6) is 8.22. The Labute approximate surface area is 866 Å². The summed E-state index contributed by atoms with van der Waals surface area (Å²) < 4.78 is 9.80. The van der Waals surface area contributed by atoms with Gasteiger partial charge in [-0.1, -0.05) is 241 Å². The van der Waals surface area contributed by atoms with Crippen LogP contribution in [-0.2, 0) is 38.2 Å². The molecule has 16 aliphatic carbocycles. The van der Waals surface area contributed by atoms with Crippen LogP contribution >= 0.6 is 0 Å². The van der Waals surface area contributed by atoms with E-state index in [0.29, 0.717) is 103 Å². The largest absolute Gasteiger partial charge is 1.00 e. The van der Waals surface area contributed by atoms with E-state index in [1.54, 1.807) is 40.4 Å². The van der Waals surface area contributed by atoms with Gasteiger partial charge in [0.05, 0.1) is 19.8 Å². The van der Waals surface area contributed by atoms with E-state index < -0.39 is 5.97 Å². The number of hydrogen-bond acceptors (Lipinski definition) is 10. The predicted octanol–water partition coefficient (Wildman–Crippen LogP) is 27.6. The molecule has 0 aromatic heterocycles. The van der Waals surface area contributed by atoms with Crippen LogP contribution in [0.5, 0.6) is 0 Å². The van der Waals surface area contributed by atoms with Crippen molar-refractivity contribution >= 4 is 52.9 Å². The zero-order valence-electron chi connectivity index (χ0n) is 94.3. The standard InChI is InChI=1S/C31H48O3.C30H46O3.C30H50O2.C30H46O2.C4H8O.Al.Li.4H/c1-20(10-9-11-21(2)27(33)34-8)22-14-18-31(7)24-12-13-25-28(3,4)26(32)16-17-29(25,5)23(24)15-19-30(22,31)6;1-19(9-8-10-20(2)26(32)33)21-13-17-30(7)23-11-12-24-27(3,4)25(31)15-16-28(24,5)22(23)14-18-29(21,30)6;2*1-20(19-31)9-8-10-21(2)22-13-17-30(7)24-11-12-25-27(3,4)26(32)15-16-28(25,5)23(24)14-18-29(22,30)6;1-2-4-5-3-1;;;;;;/h11,20,22,25H,9-10,12-19H2,1-8H3;10,19,21,24H,8-9,11-18H2,1-7H3,(H,32,33);9,21-22,25-26,31-32H,8,10-19H2,1-7H3;9,19,21-22,25H,8,10-18H2,1-7H3;1-4H2;;;;;;/q;;;;;;+1;;;;-1/b21-11-;20-10-;2*20-9-;;;;;;;/t20?,22-,25?,29+,30-,31+;19?,21-,24?,28+,29-,30+;21?,22-,25?,26?,28+,29-,30+;21?,22-,25?,28+,29-,30+;;;;;;;/m0000......./s1. The van der Waals surface area contributed by atoms with Gasteiger partial charge in [-0.3, -0.25) is 19.2 Å². The first-order chi connectivity index (χ1) is 63.4. The van der Waals surface area contributed by atoms with Crippen molar-refractivity contribution in [1.29, 1.82) is 0 Å². The zero-order valence-corrected chi connectivity index (χ0v) is 93.3. The van der Waals surface area contributed by atoms with E-state index in [2.05, 4.69) is 184 Å². The Hall–Kier alpha value is -3.45. The van der Waals surface area contributed by atoms with Gasteiger partial charge in [0.1, 0.15) is 23.6 Å². The first kappa shape index (κ1) is 115. The maximum Gasteiger partial charge on any atom is 1.00 e. The number of methoxy groups -OCH3 is 1. The maximum absolute atomic E-state index is 12.8. The van der Waals surface area contributed by atoms with Crippen LogP contribution in [0.25, 0.3) is 0 Å². The summed E-state index contributed by atoms with van der Waals surface area (Å²) >= 11 is 0. The van der Waals surface area contributed by atoms with E-state index in [0.717, 1.165) is 143 Å². The van der Waals surface area contributed by atoms with Crippen LogP contribution in [0.4, 0.5) is 0 Å². The second-order valence-corrected chi connectivity index (χ2v) is 54.6. The Kier molecular flexibility index (Phi) is 35.5. The number of aliphatic hydroxyl groups is 2. The molecular formula is C125H202AlLiO11. The topological polar surface area (TPSA) is 182 Å². The van der Waals surface area contributed by atoms with Crippen molar-refractivity contribution in [3.05, 3.63) is 91.2 Å². The molecule has 9 unspecified atom stereocenters. The predicted molar refractivity (Wildman–Crippen MR) is 570 cm³/mol. The van der Waals surface area contributed by atoms with E-state index in [-0.39, 0.29) is 110 Å². The van der Waals surface area contributed by atoms with Crippen LogP contribution in [-0.4, -0.2) is 101 Å². The minimum absolute atomic E-state index is 0. The molecule has 0 radical (unpaired) electrons. The number of carboxylic acids is 1. The van der Waals surface area contributed by atoms with Gasteiger partial charge in [-0.15, -0.1) is 0 Å². The number of carboxylic acid groups (broad SMARTS) is 1. The van der Waals surface area contributed by atoms with Gasteiger partial charge in [0, 0.05) is 59.9 Å². The summed E-state index contributed by atoms with van der Waals surface area (Å²) in [4.78, 5) is 72.2. The number of carbonyl (C=O) groups excluding carboxylic acids is 5. The molecule has 25 atom stereocenters. The number of ether oxygens (including phenoxy) is 2. The molecule has 138 heavy (non-hydrogen) atoms. The van der Waals surface area contributed by atoms with Crippen LogP contribution in [0.3, 0.4) is 0 Å². The molecule has 0 aromatic rings. The average molecular weight is 1910 g/mol. The fraction of sp³-hybridized carbons (Fsp3) is 0.824. The minimum Gasteiger partial charge on any atom is -1.00 e. The Balaban J connectivity index is 0.000000186. The first-order valence-electron chi connectivity index (χ1n) is 56.3. The second kappa shape index (κ2) is 42.7. The van der Waals surface area contributed by atoms with Gasteiger partial charge in [0.25, 0.3) is 0 Å². The van der Waals surface area contributed by atoms with Crippen molar-refractivity contribution < 1.29 is 73.8 Å². The van der Waals surface area contributed by atoms with Crippen LogP contribution in [0, 0.1) is 158 Å². The third-order valence-electron chi connectivity index (χ3n) is 47.7. The Morgan fingerprint density at radius 1 is 0.391 bits per heavy atom. The third-order valence-corrected chi connectivity index (χ3v) is 47.7. The molecular weight excluding hydrogens is 1710 g/mol. The zero-order chi connectivity index (χ0) is 100. The number of aliphatic hydroxyl groups excluding tert-OH is 2. The average Bonchev–Trinajstić information content (AvgIpc) is 1.62. The normalized spacial score (nSPS) is 40.8. The maximum atomic E-state index is 12.8. The van der Waals surface area contributed by atoms with Gasteiger partial charge in [0.2, 0.25) is 0 Å². The van der Waals surface area contributed by atoms with Crippen LogP contribution in [0.1, 0.15) is 465 Å². The number of rotatable bonds is 20. The summed E-state index contributed by atoms with van der Waals surface area (Å²) in [6, 6.07) is 0. The first-order valence-corrected chi connectivity index (χ1v) is 56.3. The number of hydrogen-bond donors (Lipinski definition) is 3. The SMILES string of the molecule is C/C(=C/CCC(C)[C@@H]1CC[C@]2(C)C3=C(CC[C@@]12C)[C@@]1(C)CCC(=O)C(C)(C)C1CC3)C(=O)O.C/C(=C/CCC(C)[C@@H]1CC[C@]2(C)C3=C(CC[C@@]12C)[C@@]1(C)CCC(O)C(C)(C)C1CC3)CO.C/C(C=O)=C/CCC(C)[C@@H]1CC[C@]2(C)C3=C(CC[C@@]12C)[C@@]1(C)CCC(=O)C(C)(C)C1CC3.C1CCOC1.COC(=O)/C(C)=C\CCC(C)[C@@H]1CC[C@]2(C)C3=C(CC[C@@]12C)[C@@]1(C)CCC(=O)C(C)(C)C1CC3.[AlH3].[H-].[Li+]. The molecule has 1 aliphatic heterocycles. The monoisotopic (exact) mass is 1910 g/mol. The molecule has 0 aromatic carbocycles. The van der Waals surface area contributed by atoms with E-state index in [1.165, 1.54) is 193 Å². The van der Waals surface area contributed by atoms with E-state index >= 15 is 0 Å². The molecule has 3 N–H and O–H groups in total. The van der Waals surface area contributed by atoms with Gasteiger partial charge in [-0.25, -0.2) is 9.59 Å². The van der Waals surface area contributed by atoms with E-state index in [1.807, 2.05) is 38.0 Å². The summed E-state index contributed by atoms with van der Waals surface area (Å²) in [5, 5.41) is 29.3. The van der Waals surface area contributed by atoms with Crippen molar-refractivity contribution in [2.45, 2.75) is 470 Å². The van der Waals surface area contributed by atoms with Gasteiger partial charge in [-0.05, 0) is 425 Å².